The first-order chi connectivity index (χ1) is 6.77. The molecule has 5 heteroatoms. The Bertz CT molecular complexity index is 232. The van der Waals surface area contributed by atoms with Gasteiger partial charge in [-0.3, -0.25) is 14.5 Å². The number of ether oxygens (including phenoxy) is 1. The molecule has 2 aliphatic heterocycles. The zero-order valence-electron chi connectivity index (χ0n) is 8.12. The number of amides is 2. The maximum atomic E-state index is 11.3. The average molecular weight is 199 g/mol. The molecule has 0 aromatic rings. The van der Waals surface area contributed by atoms with E-state index in [9.17, 15) is 9.59 Å². The van der Waals surface area contributed by atoms with Gasteiger partial charge in [-0.05, 0) is 0 Å². The van der Waals surface area contributed by atoms with E-state index in [-0.39, 0.29) is 11.8 Å². The van der Waals surface area contributed by atoms with Crippen LogP contribution >= 0.6 is 0 Å². The van der Waals surface area contributed by atoms with Crippen LogP contribution in [0.2, 0.25) is 0 Å². The highest BCUT2D eigenvalue weighted by molar-refractivity contribution is 6.01. The van der Waals surface area contributed by atoms with Gasteiger partial charge < -0.3 is 4.74 Å². The lowest BCUT2D eigenvalue weighted by molar-refractivity contribution is -0.934. The molecule has 2 amide bonds. The standard InChI is InChI=1S/C9H14N2O3/c12-8-2-3-9(13)11(8)6-10-4-1-5-14-7-10/h1-7H2/p+1. The Balaban J connectivity index is 1.89. The molecule has 14 heavy (non-hydrogen) atoms. The summed E-state index contributed by atoms with van der Waals surface area (Å²) in [5.41, 5.74) is 0. The van der Waals surface area contributed by atoms with Crippen LogP contribution in [-0.2, 0) is 14.3 Å². The van der Waals surface area contributed by atoms with Crippen molar-refractivity contribution in [2.75, 3.05) is 26.6 Å². The Morgan fingerprint density at radius 1 is 1.29 bits per heavy atom. The lowest BCUT2D eigenvalue weighted by Gasteiger charge is -2.26. The fourth-order valence-electron chi connectivity index (χ4n) is 1.86. The summed E-state index contributed by atoms with van der Waals surface area (Å²) in [6.45, 7) is 2.87. The SMILES string of the molecule is O=C1CCC(=O)N1C[NH+]1CCCOC1. The second-order valence-corrected chi connectivity index (χ2v) is 3.78. The molecule has 0 aromatic carbocycles. The first-order valence-electron chi connectivity index (χ1n) is 5.02. The maximum Gasteiger partial charge on any atom is 0.234 e. The number of nitrogens with zero attached hydrogens (tertiary/aromatic N) is 1. The van der Waals surface area contributed by atoms with Gasteiger partial charge in [0.25, 0.3) is 0 Å². The molecule has 0 aromatic heterocycles. The minimum Gasteiger partial charge on any atom is -0.331 e. The van der Waals surface area contributed by atoms with Crippen molar-refractivity contribution in [3.63, 3.8) is 0 Å². The Labute approximate surface area is 82.6 Å². The zero-order valence-corrected chi connectivity index (χ0v) is 8.12. The molecule has 0 bridgehead atoms. The minimum atomic E-state index is -0.0342. The van der Waals surface area contributed by atoms with Gasteiger partial charge in [0.1, 0.15) is 0 Å². The first kappa shape index (κ1) is 9.61. The van der Waals surface area contributed by atoms with Crippen molar-refractivity contribution in [1.82, 2.24) is 4.90 Å². The minimum absolute atomic E-state index is 0.0342. The number of likely N-dealkylation sites (tertiary alicyclic amines) is 1. The van der Waals surface area contributed by atoms with E-state index in [2.05, 4.69) is 0 Å². The molecule has 78 valence electrons. The van der Waals surface area contributed by atoms with Crippen LogP contribution in [0.5, 0.6) is 0 Å². The second-order valence-electron chi connectivity index (χ2n) is 3.78. The highest BCUT2D eigenvalue weighted by atomic mass is 16.5. The highest BCUT2D eigenvalue weighted by Crippen LogP contribution is 2.09. The largest absolute Gasteiger partial charge is 0.331 e. The molecule has 2 saturated heterocycles. The molecule has 0 aliphatic carbocycles. The van der Waals surface area contributed by atoms with E-state index in [4.69, 9.17) is 4.74 Å². The molecule has 1 unspecified atom stereocenters. The Kier molecular flexibility index (Phi) is 2.79. The molecule has 5 nitrogen and oxygen atoms in total. The molecule has 2 heterocycles. The van der Waals surface area contributed by atoms with Crippen molar-refractivity contribution in [1.29, 1.82) is 0 Å². The number of imide groups is 1. The van der Waals surface area contributed by atoms with Crippen LogP contribution in [0.4, 0.5) is 0 Å². The van der Waals surface area contributed by atoms with E-state index >= 15 is 0 Å². The van der Waals surface area contributed by atoms with Gasteiger partial charge in [-0.1, -0.05) is 0 Å². The number of rotatable bonds is 2. The predicted molar refractivity (Wildman–Crippen MR) is 47.2 cm³/mol. The van der Waals surface area contributed by atoms with E-state index in [1.807, 2.05) is 0 Å². The maximum absolute atomic E-state index is 11.3. The van der Waals surface area contributed by atoms with Crippen molar-refractivity contribution in [3.8, 4) is 0 Å². The predicted octanol–water partition coefficient (Wildman–Crippen LogP) is -1.64. The van der Waals surface area contributed by atoms with Crippen LogP contribution in [0.3, 0.4) is 0 Å². The van der Waals surface area contributed by atoms with Crippen LogP contribution in [0.1, 0.15) is 19.3 Å². The van der Waals surface area contributed by atoms with Gasteiger partial charge >= 0.3 is 0 Å². The number of quaternary nitrogens is 1. The third-order valence-corrected chi connectivity index (χ3v) is 2.66. The molecule has 2 aliphatic rings. The number of carbonyl (C=O) groups is 2. The summed E-state index contributed by atoms with van der Waals surface area (Å²) in [4.78, 5) is 25.2. The molecular formula is C9H15N2O3+. The lowest BCUT2D eigenvalue weighted by Crippen LogP contribution is -3.14. The highest BCUT2D eigenvalue weighted by Gasteiger charge is 2.32. The van der Waals surface area contributed by atoms with Crippen LogP contribution in [0.25, 0.3) is 0 Å². The summed E-state index contributed by atoms with van der Waals surface area (Å²) in [6.07, 6.45) is 1.77. The smallest absolute Gasteiger partial charge is 0.234 e. The van der Waals surface area contributed by atoms with Crippen LogP contribution in [-0.4, -0.2) is 43.3 Å². The molecule has 1 atom stereocenters. The van der Waals surface area contributed by atoms with Gasteiger partial charge in [0, 0.05) is 19.3 Å². The molecular weight excluding hydrogens is 184 g/mol. The molecule has 2 fully saturated rings. The number of hydrogen-bond donors (Lipinski definition) is 1. The quantitative estimate of drug-likeness (QED) is 0.542. The average Bonchev–Trinajstić information content (AvgIpc) is 2.51. The van der Waals surface area contributed by atoms with Crippen molar-refractivity contribution in [2.45, 2.75) is 19.3 Å². The second kappa shape index (κ2) is 4.06. The summed E-state index contributed by atoms with van der Waals surface area (Å²) in [7, 11) is 0. The van der Waals surface area contributed by atoms with Gasteiger partial charge in [0.2, 0.25) is 11.8 Å². The number of carbonyl (C=O) groups excluding carboxylic acids is 2. The zero-order chi connectivity index (χ0) is 9.97. The van der Waals surface area contributed by atoms with E-state index in [1.54, 1.807) is 0 Å². The van der Waals surface area contributed by atoms with Gasteiger partial charge in [-0.15, -0.1) is 0 Å². The van der Waals surface area contributed by atoms with Gasteiger partial charge in [0.15, 0.2) is 13.4 Å². The fourth-order valence-corrected chi connectivity index (χ4v) is 1.86. The molecule has 0 saturated carbocycles. The Hall–Kier alpha value is -0.940. The Morgan fingerprint density at radius 2 is 2.00 bits per heavy atom. The van der Waals surface area contributed by atoms with Gasteiger partial charge in [-0.25, -0.2) is 4.90 Å². The van der Waals surface area contributed by atoms with Crippen molar-refractivity contribution in [2.24, 2.45) is 0 Å². The molecule has 0 radical (unpaired) electrons. The van der Waals surface area contributed by atoms with E-state index in [0.717, 1.165) is 19.6 Å². The third-order valence-electron chi connectivity index (χ3n) is 2.66. The summed E-state index contributed by atoms with van der Waals surface area (Å²) in [5.74, 6) is -0.0684. The fraction of sp³-hybridized carbons (Fsp3) is 0.778. The van der Waals surface area contributed by atoms with Gasteiger partial charge in [-0.2, -0.15) is 0 Å². The van der Waals surface area contributed by atoms with E-state index < -0.39 is 0 Å². The lowest BCUT2D eigenvalue weighted by atomic mass is 10.4. The van der Waals surface area contributed by atoms with E-state index in [1.165, 1.54) is 9.80 Å². The van der Waals surface area contributed by atoms with Crippen molar-refractivity contribution < 1.29 is 19.2 Å². The van der Waals surface area contributed by atoms with Crippen molar-refractivity contribution >= 4 is 11.8 Å². The monoisotopic (exact) mass is 199 g/mol. The number of hydrogen-bond acceptors (Lipinski definition) is 3. The summed E-state index contributed by atoms with van der Waals surface area (Å²) in [6, 6.07) is 0. The van der Waals surface area contributed by atoms with Crippen LogP contribution in [0, 0.1) is 0 Å². The number of nitrogens with one attached hydrogen (secondary N) is 1. The summed E-state index contributed by atoms with van der Waals surface area (Å²) in [5, 5.41) is 0. The van der Waals surface area contributed by atoms with E-state index in [0.29, 0.717) is 26.2 Å². The molecule has 1 N–H and O–H groups in total. The third kappa shape index (κ3) is 1.93. The molecule has 0 spiro atoms. The normalized spacial score (nSPS) is 28.6. The van der Waals surface area contributed by atoms with Crippen molar-refractivity contribution in [3.05, 3.63) is 0 Å². The summed E-state index contributed by atoms with van der Waals surface area (Å²) >= 11 is 0. The van der Waals surface area contributed by atoms with Crippen LogP contribution in [0.15, 0.2) is 0 Å². The van der Waals surface area contributed by atoms with Crippen LogP contribution < -0.4 is 4.90 Å². The molecule has 2 rings (SSSR count). The van der Waals surface area contributed by atoms with Gasteiger partial charge in [0.05, 0.1) is 13.2 Å². The summed E-state index contributed by atoms with van der Waals surface area (Å²) < 4.78 is 5.28. The topological polar surface area (TPSA) is 51.0 Å². The Morgan fingerprint density at radius 3 is 2.57 bits per heavy atom. The first-order valence-corrected chi connectivity index (χ1v) is 5.02.